The van der Waals surface area contributed by atoms with Crippen LogP contribution in [0.1, 0.15) is 10.5 Å². The maximum atomic E-state index is 12.6. The van der Waals surface area contributed by atoms with Crippen LogP contribution in [0.4, 0.5) is 5.69 Å². The van der Waals surface area contributed by atoms with Crippen LogP contribution in [0.15, 0.2) is 60.8 Å². The molecule has 124 valence electrons. The van der Waals surface area contributed by atoms with Gasteiger partial charge in [0.1, 0.15) is 5.69 Å². The van der Waals surface area contributed by atoms with E-state index in [2.05, 4.69) is 15.4 Å². The number of nitrogens with zero attached hydrogens (tertiary/aromatic N) is 2. The minimum absolute atomic E-state index is 0.223. The number of H-pyrrole nitrogens is 1. The van der Waals surface area contributed by atoms with Crippen LogP contribution in [0.25, 0.3) is 22.2 Å². The molecule has 0 spiro atoms. The Kier molecular flexibility index (Phi) is 3.78. The first-order valence-electron chi connectivity index (χ1n) is 7.79. The summed E-state index contributed by atoms with van der Waals surface area (Å²) in [4.78, 5) is 15.8. The van der Waals surface area contributed by atoms with Gasteiger partial charge in [0.2, 0.25) is 0 Å². The molecule has 0 fully saturated rings. The highest BCUT2D eigenvalue weighted by molar-refractivity contribution is 6.33. The van der Waals surface area contributed by atoms with Crippen molar-refractivity contribution in [1.29, 1.82) is 0 Å². The second kappa shape index (κ2) is 6.11. The van der Waals surface area contributed by atoms with E-state index in [1.54, 1.807) is 23.9 Å². The van der Waals surface area contributed by atoms with E-state index >= 15 is 0 Å². The zero-order valence-corrected chi connectivity index (χ0v) is 14.2. The van der Waals surface area contributed by atoms with Crippen molar-refractivity contribution in [2.24, 2.45) is 7.05 Å². The third-order valence-electron chi connectivity index (χ3n) is 4.08. The number of anilines is 1. The molecule has 2 N–H and O–H groups in total. The van der Waals surface area contributed by atoms with E-state index in [0.717, 1.165) is 22.2 Å². The predicted octanol–water partition coefficient (Wildman–Crippen LogP) is 4.47. The van der Waals surface area contributed by atoms with E-state index in [0.29, 0.717) is 16.4 Å². The number of aryl methyl sites for hydroxylation is 1. The number of aromatic nitrogens is 3. The molecule has 4 rings (SSSR count). The van der Waals surface area contributed by atoms with Gasteiger partial charge in [0, 0.05) is 30.0 Å². The number of halogens is 1. The van der Waals surface area contributed by atoms with Crippen LogP contribution in [-0.4, -0.2) is 20.7 Å². The fourth-order valence-corrected chi connectivity index (χ4v) is 3.03. The molecule has 1 amide bonds. The summed E-state index contributed by atoms with van der Waals surface area (Å²) in [5.41, 5.74) is 3.62. The number of hydrogen-bond acceptors (Lipinski definition) is 2. The lowest BCUT2D eigenvalue weighted by atomic mass is 10.1. The molecule has 0 saturated heterocycles. The molecule has 25 heavy (non-hydrogen) atoms. The van der Waals surface area contributed by atoms with Gasteiger partial charge >= 0.3 is 0 Å². The van der Waals surface area contributed by atoms with Gasteiger partial charge < -0.3 is 10.3 Å². The van der Waals surface area contributed by atoms with Crippen LogP contribution < -0.4 is 5.32 Å². The minimum atomic E-state index is -0.223. The Balaban J connectivity index is 1.63. The number of amides is 1. The Hall–Kier alpha value is -3.05. The molecule has 0 unspecified atom stereocenters. The minimum Gasteiger partial charge on any atom is -0.361 e. The quantitative estimate of drug-likeness (QED) is 0.572. The number of rotatable bonds is 3. The van der Waals surface area contributed by atoms with Gasteiger partial charge in [-0.3, -0.25) is 9.48 Å². The third-order valence-corrected chi connectivity index (χ3v) is 4.40. The van der Waals surface area contributed by atoms with Gasteiger partial charge in [-0.15, -0.1) is 0 Å². The average Bonchev–Trinajstić information content (AvgIpc) is 3.21. The molecule has 6 heteroatoms. The lowest BCUT2D eigenvalue weighted by molar-refractivity contribution is 0.101. The van der Waals surface area contributed by atoms with Gasteiger partial charge in [0.05, 0.1) is 10.7 Å². The van der Waals surface area contributed by atoms with Crippen LogP contribution in [0, 0.1) is 0 Å². The molecule has 2 heterocycles. The molecule has 0 aliphatic carbocycles. The molecule has 0 atom stereocenters. The first kappa shape index (κ1) is 15.5. The summed E-state index contributed by atoms with van der Waals surface area (Å²) in [6.45, 7) is 0. The van der Waals surface area contributed by atoms with Gasteiger partial charge in [-0.25, -0.2) is 0 Å². The summed E-state index contributed by atoms with van der Waals surface area (Å²) in [6.07, 6.45) is 1.87. The van der Waals surface area contributed by atoms with Gasteiger partial charge in [-0.1, -0.05) is 35.9 Å². The molecule has 2 aromatic carbocycles. The van der Waals surface area contributed by atoms with E-state index < -0.39 is 0 Å². The maximum absolute atomic E-state index is 12.6. The highest BCUT2D eigenvalue weighted by Crippen LogP contribution is 2.27. The highest BCUT2D eigenvalue weighted by atomic mass is 35.5. The number of nitrogens with one attached hydrogen (secondary N) is 2. The molecule has 0 saturated carbocycles. The number of carbonyl (C=O) groups is 1. The fraction of sp³-hybridized carbons (Fsp3) is 0.0526. The van der Waals surface area contributed by atoms with Crippen molar-refractivity contribution in [2.75, 3.05) is 5.32 Å². The van der Waals surface area contributed by atoms with E-state index in [1.165, 1.54) is 0 Å². The summed E-state index contributed by atoms with van der Waals surface area (Å²) in [7, 11) is 1.74. The SMILES string of the molecule is Cn1nc(-c2ccccc2Cl)cc1C(=O)Nc1ccc2cc[nH]c2c1. The third kappa shape index (κ3) is 2.90. The van der Waals surface area contributed by atoms with Crippen molar-refractivity contribution in [1.82, 2.24) is 14.8 Å². The molecule has 0 bridgehead atoms. The Bertz CT molecular complexity index is 1080. The van der Waals surface area contributed by atoms with Crippen LogP contribution in [0.3, 0.4) is 0 Å². The van der Waals surface area contributed by atoms with Crippen molar-refractivity contribution >= 4 is 34.1 Å². The van der Waals surface area contributed by atoms with Gasteiger partial charge in [0.15, 0.2) is 0 Å². The van der Waals surface area contributed by atoms with Crippen molar-refractivity contribution in [3.63, 3.8) is 0 Å². The maximum Gasteiger partial charge on any atom is 0.273 e. The Morgan fingerprint density at radius 2 is 2.00 bits per heavy atom. The summed E-state index contributed by atoms with van der Waals surface area (Å²) < 4.78 is 1.56. The normalized spacial score (nSPS) is 11.0. The zero-order valence-electron chi connectivity index (χ0n) is 13.5. The van der Waals surface area contributed by atoms with Crippen molar-refractivity contribution in [3.05, 3.63) is 71.5 Å². The van der Waals surface area contributed by atoms with Gasteiger partial charge in [-0.05, 0) is 35.7 Å². The topological polar surface area (TPSA) is 62.7 Å². The fourth-order valence-electron chi connectivity index (χ4n) is 2.80. The van der Waals surface area contributed by atoms with E-state index in [-0.39, 0.29) is 5.91 Å². The number of fused-ring (bicyclic) bond motifs is 1. The molecule has 0 radical (unpaired) electrons. The largest absolute Gasteiger partial charge is 0.361 e. The van der Waals surface area contributed by atoms with Crippen LogP contribution in [-0.2, 0) is 7.05 Å². The number of benzene rings is 2. The molecule has 0 aliphatic heterocycles. The Labute approximate surface area is 149 Å². The summed E-state index contributed by atoms with van der Waals surface area (Å²) in [5.74, 6) is -0.223. The first-order valence-corrected chi connectivity index (χ1v) is 8.17. The predicted molar refractivity (Wildman–Crippen MR) is 99.9 cm³/mol. The van der Waals surface area contributed by atoms with Crippen molar-refractivity contribution in [3.8, 4) is 11.3 Å². The molecule has 4 aromatic rings. The Morgan fingerprint density at radius 1 is 1.16 bits per heavy atom. The molecular weight excluding hydrogens is 336 g/mol. The monoisotopic (exact) mass is 350 g/mol. The number of carbonyl (C=O) groups excluding carboxylic acids is 1. The molecule has 2 aromatic heterocycles. The molecule has 5 nitrogen and oxygen atoms in total. The van der Waals surface area contributed by atoms with Crippen molar-refractivity contribution < 1.29 is 4.79 Å². The van der Waals surface area contributed by atoms with E-state index in [1.807, 2.05) is 48.7 Å². The first-order chi connectivity index (χ1) is 12.1. The van der Waals surface area contributed by atoms with Crippen molar-refractivity contribution in [2.45, 2.75) is 0 Å². The van der Waals surface area contributed by atoms with E-state index in [4.69, 9.17) is 11.6 Å². The highest BCUT2D eigenvalue weighted by Gasteiger charge is 2.16. The van der Waals surface area contributed by atoms with Gasteiger partial charge in [-0.2, -0.15) is 5.10 Å². The lowest BCUT2D eigenvalue weighted by Crippen LogP contribution is -2.15. The van der Waals surface area contributed by atoms with E-state index in [9.17, 15) is 4.79 Å². The average molecular weight is 351 g/mol. The van der Waals surface area contributed by atoms with Crippen LogP contribution in [0.2, 0.25) is 5.02 Å². The second-order valence-corrected chi connectivity index (χ2v) is 6.16. The smallest absolute Gasteiger partial charge is 0.273 e. The number of hydrogen-bond donors (Lipinski definition) is 2. The summed E-state index contributed by atoms with van der Waals surface area (Å²) >= 11 is 6.22. The summed E-state index contributed by atoms with van der Waals surface area (Å²) in [5, 5.41) is 9.02. The lowest BCUT2D eigenvalue weighted by Gasteiger charge is -2.05. The standard InChI is InChI=1S/C19H15ClN4O/c1-24-18(11-17(23-24)14-4-2-3-5-15(14)20)19(25)22-13-7-6-12-8-9-21-16(12)10-13/h2-11,21H,1H3,(H,22,25). The molecular formula is C19H15ClN4O. The van der Waals surface area contributed by atoms with Gasteiger partial charge in [0.25, 0.3) is 5.91 Å². The van der Waals surface area contributed by atoms with Crippen LogP contribution in [0.5, 0.6) is 0 Å². The van der Waals surface area contributed by atoms with Crippen LogP contribution >= 0.6 is 11.6 Å². The zero-order chi connectivity index (χ0) is 17.4. The number of aromatic amines is 1. The Morgan fingerprint density at radius 3 is 2.84 bits per heavy atom. The summed E-state index contributed by atoms with van der Waals surface area (Å²) in [6, 6.07) is 16.9. The molecule has 0 aliphatic rings. The second-order valence-electron chi connectivity index (χ2n) is 5.75.